The Hall–Kier alpha value is -2.14. The molecular formula is C13H10N2. The van der Waals surface area contributed by atoms with E-state index in [2.05, 4.69) is 11.1 Å². The van der Waals surface area contributed by atoms with Gasteiger partial charge in [0, 0.05) is 6.20 Å². The van der Waals surface area contributed by atoms with Crippen LogP contribution in [0.25, 0.3) is 11.1 Å². The van der Waals surface area contributed by atoms with Gasteiger partial charge in [-0.1, -0.05) is 30.3 Å². The fourth-order valence-electron chi connectivity index (χ4n) is 1.58. The molecule has 15 heavy (non-hydrogen) atoms. The molecule has 0 spiro atoms. The smallest absolute Gasteiger partial charge is 0.143 e. The SMILES string of the molecule is Cc1c(-c2ccccc2)ccnc1C#N. The van der Waals surface area contributed by atoms with Crippen molar-refractivity contribution in [1.82, 2.24) is 4.98 Å². The number of hydrogen-bond donors (Lipinski definition) is 0. The molecule has 0 bridgehead atoms. The maximum Gasteiger partial charge on any atom is 0.143 e. The first-order valence-corrected chi connectivity index (χ1v) is 4.74. The number of aromatic nitrogens is 1. The Morgan fingerprint density at radius 3 is 2.53 bits per heavy atom. The van der Waals surface area contributed by atoms with Gasteiger partial charge in [-0.3, -0.25) is 0 Å². The Labute approximate surface area is 88.8 Å². The van der Waals surface area contributed by atoms with E-state index in [1.165, 1.54) is 0 Å². The van der Waals surface area contributed by atoms with E-state index >= 15 is 0 Å². The molecule has 0 saturated carbocycles. The fraction of sp³-hybridized carbons (Fsp3) is 0.0769. The van der Waals surface area contributed by atoms with Crippen LogP contribution in [0.5, 0.6) is 0 Å². The van der Waals surface area contributed by atoms with Crippen LogP contribution in [-0.2, 0) is 0 Å². The molecule has 0 aliphatic rings. The van der Waals surface area contributed by atoms with Crippen LogP contribution in [0.15, 0.2) is 42.6 Å². The van der Waals surface area contributed by atoms with Gasteiger partial charge < -0.3 is 0 Å². The van der Waals surface area contributed by atoms with Crippen molar-refractivity contribution in [1.29, 1.82) is 5.26 Å². The first-order valence-electron chi connectivity index (χ1n) is 4.74. The number of nitrogens with zero attached hydrogens (tertiary/aromatic N) is 2. The average molecular weight is 194 g/mol. The second-order valence-corrected chi connectivity index (χ2v) is 3.31. The van der Waals surface area contributed by atoms with Crippen LogP contribution in [0.4, 0.5) is 0 Å². The van der Waals surface area contributed by atoms with Crippen LogP contribution in [-0.4, -0.2) is 4.98 Å². The predicted molar refractivity (Wildman–Crippen MR) is 59.1 cm³/mol. The van der Waals surface area contributed by atoms with Gasteiger partial charge in [0.15, 0.2) is 0 Å². The number of hydrogen-bond acceptors (Lipinski definition) is 2. The standard InChI is InChI=1S/C13H10N2/c1-10-12(7-8-15-13(10)9-14)11-5-3-2-4-6-11/h2-8H,1H3. The zero-order valence-corrected chi connectivity index (χ0v) is 8.44. The highest BCUT2D eigenvalue weighted by Gasteiger charge is 2.05. The first kappa shape index (κ1) is 9.42. The molecule has 0 aliphatic heterocycles. The van der Waals surface area contributed by atoms with Gasteiger partial charge in [-0.25, -0.2) is 4.98 Å². The van der Waals surface area contributed by atoms with E-state index in [0.29, 0.717) is 5.69 Å². The van der Waals surface area contributed by atoms with E-state index in [1.807, 2.05) is 43.3 Å². The molecule has 72 valence electrons. The summed E-state index contributed by atoms with van der Waals surface area (Å²) in [5.74, 6) is 0. The number of pyridine rings is 1. The summed E-state index contributed by atoms with van der Waals surface area (Å²) in [6.07, 6.45) is 1.67. The summed E-state index contributed by atoms with van der Waals surface area (Å²) in [5, 5.41) is 8.88. The minimum atomic E-state index is 0.497. The lowest BCUT2D eigenvalue weighted by Crippen LogP contribution is -1.91. The van der Waals surface area contributed by atoms with Gasteiger partial charge in [0.1, 0.15) is 11.8 Å². The molecule has 0 aliphatic carbocycles. The van der Waals surface area contributed by atoms with Crippen LogP contribution in [0.3, 0.4) is 0 Å². The summed E-state index contributed by atoms with van der Waals surface area (Å²) in [5.41, 5.74) is 3.62. The van der Waals surface area contributed by atoms with E-state index in [0.717, 1.165) is 16.7 Å². The molecule has 1 heterocycles. The third kappa shape index (κ3) is 1.72. The Bertz CT molecular complexity index is 510. The maximum absolute atomic E-state index is 8.88. The second-order valence-electron chi connectivity index (χ2n) is 3.31. The molecule has 0 unspecified atom stereocenters. The van der Waals surface area contributed by atoms with Crippen LogP contribution in [0.1, 0.15) is 11.3 Å². The predicted octanol–water partition coefficient (Wildman–Crippen LogP) is 2.93. The fourth-order valence-corrected chi connectivity index (χ4v) is 1.58. The minimum Gasteiger partial charge on any atom is -0.245 e. The van der Waals surface area contributed by atoms with E-state index in [1.54, 1.807) is 6.20 Å². The Morgan fingerprint density at radius 2 is 1.87 bits per heavy atom. The van der Waals surface area contributed by atoms with Gasteiger partial charge >= 0.3 is 0 Å². The van der Waals surface area contributed by atoms with Gasteiger partial charge in [0.25, 0.3) is 0 Å². The summed E-state index contributed by atoms with van der Waals surface area (Å²) in [7, 11) is 0. The topological polar surface area (TPSA) is 36.7 Å². The molecule has 1 aromatic heterocycles. The minimum absolute atomic E-state index is 0.497. The molecule has 0 atom stereocenters. The average Bonchev–Trinajstić information content (AvgIpc) is 2.30. The largest absolute Gasteiger partial charge is 0.245 e. The van der Waals surface area contributed by atoms with Crippen LogP contribution in [0, 0.1) is 18.3 Å². The van der Waals surface area contributed by atoms with Gasteiger partial charge in [-0.2, -0.15) is 5.26 Å². The summed E-state index contributed by atoms with van der Waals surface area (Å²) in [6.45, 7) is 1.92. The van der Waals surface area contributed by atoms with E-state index in [4.69, 9.17) is 5.26 Å². The van der Waals surface area contributed by atoms with Crippen molar-refractivity contribution < 1.29 is 0 Å². The van der Waals surface area contributed by atoms with E-state index in [-0.39, 0.29) is 0 Å². The molecule has 0 saturated heterocycles. The molecule has 0 radical (unpaired) electrons. The molecule has 1 aromatic carbocycles. The lowest BCUT2D eigenvalue weighted by atomic mass is 10.0. The highest BCUT2D eigenvalue weighted by atomic mass is 14.7. The monoisotopic (exact) mass is 194 g/mol. The van der Waals surface area contributed by atoms with Crippen molar-refractivity contribution in [3.8, 4) is 17.2 Å². The lowest BCUT2D eigenvalue weighted by molar-refractivity contribution is 1.21. The van der Waals surface area contributed by atoms with Crippen LogP contribution in [0.2, 0.25) is 0 Å². The molecule has 2 aromatic rings. The van der Waals surface area contributed by atoms with Crippen molar-refractivity contribution in [3.05, 3.63) is 53.9 Å². The number of nitriles is 1. The first-order chi connectivity index (χ1) is 7.33. The molecule has 2 rings (SSSR count). The van der Waals surface area contributed by atoms with Crippen molar-refractivity contribution in [2.75, 3.05) is 0 Å². The zero-order chi connectivity index (χ0) is 10.7. The molecular weight excluding hydrogens is 184 g/mol. The number of benzene rings is 1. The normalized spacial score (nSPS) is 9.60. The van der Waals surface area contributed by atoms with E-state index in [9.17, 15) is 0 Å². The number of rotatable bonds is 1. The summed E-state index contributed by atoms with van der Waals surface area (Å²) < 4.78 is 0. The molecule has 2 nitrogen and oxygen atoms in total. The third-order valence-electron chi connectivity index (χ3n) is 2.39. The third-order valence-corrected chi connectivity index (χ3v) is 2.39. The summed E-state index contributed by atoms with van der Waals surface area (Å²) in [6, 6.07) is 14.0. The molecule has 0 amide bonds. The van der Waals surface area contributed by atoms with Gasteiger partial charge in [-0.05, 0) is 29.7 Å². The molecule has 2 heteroatoms. The van der Waals surface area contributed by atoms with Crippen molar-refractivity contribution in [2.45, 2.75) is 6.92 Å². The highest BCUT2D eigenvalue weighted by molar-refractivity contribution is 5.68. The summed E-state index contributed by atoms with van der Waals surface area (Å²) in [4.78, 5) is 4.02. The lowest BCUT2D eigenvalue weighted by Gasteiger charge is -2.05. The maximum atomic E-state index is 8.88. The van der Waals surface area contributed by atoms with Gasteiger partial charge in [0.05, 0.1) is 0 Å². The zero-order valence-electron chi connectivity index (χ0n) is 8.44. The van der Waals surface area contributed by atoms with Crippen molar-refractivity contribution in [3.63, 3.8) is 0 Å². The highest BCUT2D eigenvalue weighted by Crippen LogP contribution is 2.23. The van der Waals surface area contributed by atoms with Crippen molar-refractivity contribution >= 4 is 0 Å². The Balaban J connectivity index is 2.61. The van der Waals surface area contributed by atoms with Crippen molar-refractivity contribution in [2.24, 2.45) is 0 Å². The molecule has 0 fully saturated rings. The summed E-state index contributed by atoms with van der Waals surface area (Å²) >= 11 is 0. The molecule has 0 N–H and O–H groups in total. The van der Waals surface area contributed by atoms with Crippen LogP contribution >= 0.6 is 0 Å². The Morgan fingerprint density at radius 1 is 1.13 bits per heavy atom. The quantitative estimate of drug-likeness (QED) is 0.699. The van der Waals surface area contributed by atoms with Gasteiger partial charge in [-0.15, -0.1) is 0 Å². The van der Waals surface area contributed by atoms with E-state index < -0.39 is 0 Å². The van der Waals surface area contributed by atoms with Crippen LogP contribution < -0.4 is 0 Å². The van der Waals surface area contributed by atoms with Gasteiger partial charge in [0.2, 0.25) is 0 Å². The Kier molecular flexibility index (Phi) is 2.47. The second kappa shape index (κ2) is 3.93.